The Morgan fingerprint density at radius 2 is 1.89 bits per heavy atom. The van der Waals surface area contributed by atoms with Gasteiger partial charge in [-0.05, 0) is 51.7 Å². The van der Waals surface area contributed by atoms with Crippen molar-refractivity contribution in [3.63, 3.8) is 0 Å². The van der Waals surface area contributed by atoms with Gasteiger partial charge in [-0.25, -0.2) is 0 Å². The van der Waals surface area contributed by atoms with Crippen molar-refractivity contribution in [2.45, 2.75) is 19.3 Å². The highest BCUT2D eigenvalue weighted by atomic mass is 79.9. The molecule has 18 heavy (non-hydrogen) atoms. The molecule has 0 N–H and O–H groups in total. The fourth-order valence-electron chi connectivity index (χ4n) is 1.70. The van der Waals surface area contributed by atoms with Crippen LogP contribution in [-0.2, 0) is 17.6 Å². The zero-order chi connectivity index (χ0) is 12.8. The number of pyridine rings is 2. The van der Waals surface area contributed by atoms with Gasteiger partial charge >= 0.3 is 0 Å². The average molecular weight is 305 g/mol. The molecule has 3 nitrogen and oxygen atoms in total. The van der Waals surface area contributed by atoms with Crippen LogP contribution in [0.3, 0.4) is 0 Å². The van der Waals surface area contributed by atoms with Gasteiger partial charge in [-0.3, -0.25) is 14.8 Å². The van der Waals surface area contributed by atoms with Crippen LogP contribution in [0.1, 0.15) is 17.5 Å². The summed E-state index contributed by atoms with van der Waals surface area (Å²) >= 11 is 3.35. The van der Waals surface area contributed by atoms with Crippen LogP contribution >= 0.6 is 15.9 Å². The van der Waals surface area contributed by atoms with E-state index in [0.29, 0.717) is 12.8 Å². The van der Waals surface area contributed by atoms with Crippen molar-refractivity contribution in [3.8, 4) is 0 Å². The monoisotopic (exact) mass is 304 g/mol. The smallest absolute Gasteiger partial charge is 0.137 e. The molecule has 0 atom stereocenters. The van der Waals surface area contributed by atoms with E-state index in [-0.39, 0.29) is 5.78 Å². The highest BCUT2D eigenvalue weighted by Gasteiger charge is 2.05. The molecule has 0 saturated carbocycles. The molecular formula is C14H13BrN2O. The molecule has 0 unspecified atom stereocenters. The summed E-state index contributed by atoms with van der Waals surface area (Å²) < 4.78 is 0.905. The molecule has 2 aromatic rings. The Morgan fingerprint density at radius 3 is 2.61 bits per heavy atom. The van der Waals surface area contributed by atoms with E-state index in [0.717, 1.165) is 22.0 Å². The predicted molar refractivity (Wildman–Crippen MR) is 73.2 cm³/mol. The summed E-state index contributed by atoms with van der Waals surface area (Å²) in [5, 5.41) is 0. The Morgan fingerprint density at radius 1 is 1.11 bits per heavy atom. The van der Waals surface area contributed by atoms with Crippen LogP contribution in [0.4, 0.5) is 0 Å². The van der Waals surface area contributed by atoms with Crippen molar-refractivity contribution in [2.75, 3.05) is 0 Å². The number of carbonyl (C=O) groups is 1. The van der Waals surface area contributed by atoms with Gasteiger partial charge in [-0.15, -0.1) is 0 Å². The van der Waals surface area contributed by atoms with Crippen molar-refractivity contribution in [2.24, 2.45) is 0 Å². The SMILES string of the molecule is O=C(CCc1ccncc1)Cc1cncc(Br)c1. The molecule has 2 aromatic heterocycles. The van der Waals surface area contributed by atoms with Crippen molar-refractivity contribution in [1.82, 2.24) is 9.97 Å². The first-order valence-electron chi connectivity index (χ1n) is 5.74. The number of ketones is 1. The quantitative estimate of drug-likeness (QED) is 0.853. The first-order valence-corrected chi connectivity index (χ1v) is 6.53. The van der Waals surface area contributed by atoms with Crippen LogP contribution in [0.25, 0.3) is 0 Å². The standard InChI is InChI=1S/C14H13BrN2O/c15-13-7-12(9-17-10-13)8-14(18)2-1-11-3-5-16-6-4-11/h3-7,9-10H,1-2,8H2. The van der Waals surface area contributed by atoms with Crippen molar-refractivity contribution >= 4 is 21.7 Å². The minimum absolute atomic E-state index is 0.228. The molecule has 0 saturated heterocycles. The zero-order valence-electron chi connectivity index (χ0n) is 9.84. The Labute approximate surface area is 114 Å². The molecule has 2 heterocycles. The molecule has 0 aliphatic rings. The molecule has 0 aromatic carbocycles. The van der Waals surface area contributed by atoms with Crippen LogP contribution in [0.5, 0.6) is 0 Å². The van der Waals surface area contributed by atoms with Gasteiger partial charge in [-0.1, -0.05) is 0 Å². The number of rotatable bonds is 5. The molecule has 0 fully saturated rings. The van der Waals surface area contributed by atoms with Gasteiger partial charge in [0.15, 0.2) is 0 Å². The Balaban J connectivity index is 1.86. The molecule has 0 spiro atoms. The van der Waals surface area contributed by atoms with E-state index in [4.69, 9.17) is 0 Å². The molecule has 0 amide bonds. The Kier molecular flexibility index (Phi) is 4.59. The lowest BCUT2D eigenvalue weighted by Crippen LogP contribution is -2.04. The van der Waals surface area contributed by atoms with E-state index in [1.807, 2.05) is 18.2 Å². The maximum absolute atomic E-state index is 11.8. The number of aromatic nitrogens is 2. The van der Waals surface area contributed by atoms with Crippen LogP contribution in [0, 0.1) is 0 Å². The normalized spacial score (nSPS) is 10.3. The maximum atomic E-state index is 11.8. The first-order chi connectivity index (χ1) is 8.74. The predicted octanol–water partition coefficient (Wildman–Crippen LogP) is 2.98. The minimum Gasteiger partial charge on any atom is -0.299 e. The Hall–Kier alpha value is -1.55. The van der Waals surface area contributed by atoms with E-state index in [1.54, 1.807) is 24.8 Å². The second-order valence-corrected chi connectivity index (χ2v) is 5.00. The van der Waals surface area contributed by atoms with Crippen LogP contribution in [0.15, 0.2) is 47.5 Å². The average Bonchev–Trinajstić information content (AvgIpc) is 2.38. The van der Waals surface area contributed by atoms with Gasteiger partial charge in [0.05, 0.1) is 0 Å². The first kappa shape index (κ1) is 12.9. The lowest BCUT2D eigenvalue weighted by molar-refractivity contribution is -0.118. The van der Waals surface area contributed by atoms with E-state index in [9.17, 15) is 4.79 Å². The number of hydrogen-bond donors (Lipinski definition) is 0. The highest BCUT2D eigenvalue weighted by Crippen LogP contribution is 2.11. The molecule has 0 bridgehead atoms. The molecule has 0 radical (unpaired) electrons. The zero-order valence-corrected chi connectivity index (χ0v) is 11.4. The fourth-order valence-corrected chi connectivity index (χ4v) is 2.11. The van der Waals surface area contributed by atoms with Crippen molar-refractivity contribution in [1.29, 1.82) is 0 Å². The van der Waals surface area contributed by atoms with Gasteiger partial charge < -0.3 is 0 Å². The minimum atomic E-state index is 0.228. The van der Waals surface area contributed by atoms with Crippen LogP contribution < -0.4 is 0 Å². The molecular weight excluding hydrogens is 292 g/mol. The summed E-state index contributed by atoms with van der Waals surface area (Å²) in [5.41, 5.74) is 2.09. The molecule has 4 heteroatoms. The van der Waals surface area contributed by atoms with Gasteiger partial charge in [0.25, 0.3) is 0 Å². The number of hydrogen-bond acceptors (Lipinski definition) is 3. The molecule has 0 aliphatic heterocycles. The molecule has 2 rings (SSSR count). The lowest BCUT2D eigenvalue weighted by Gasteiger charge is -2.02. The fraction of sp³-hybridized carbons (Fsp3) is 0.214. The number of halogens is 1. The third-order valence-electron chi connectivity index (χ3n) is 2.60. The van der Waals surface area contributed by atoms with E-state index >= 15 is 0 Å². The van der Waals surface area contributed by atoms with Crippen LogP contribution in [-0.4, -0.2) is 15.8 Å². The Bertz CT molecular complexity index is 528. The largest absolute Gasteiger partial charge is 0.299 e. The summed E-state index contributed by atoms with van der Waals surface area (Å²) in [6.07, 6.45) is 8.70. The van der Waals surface area contributed by atoms with E-state index in [2.05, 4.69) is 25.9 Å². The molecule has 92 valence electrons. The summed E-state index contributed by atoms with van der Waals surface area (Å²) in [6.45, 7) is 0. The summed E-state index contributed by atoms with van der Waals surface area (Å²) in [4.78, 5) is 19.8. The number of nitrogens with zero attached hydrogens (tertiary/aromatic N) is 2. The van der Waals surface area contributed by atoms with Gasteiger partial charge in [0, 0.05) is 42.1 Å². The second-order valence-electron chi connectivity index (χ2n) is 4.08. The van der Waals surface area contributed by atoms with E-state index < -0.39 is 0 Å². The van der Waals surface area contributed by atoms with Crippen LogP contribution in [0.2, 0.25) is 0 Å². The van der Waals surface area contributed by atoms with Gasteiger partial charge in [-0.2, -0.15) is 0 Å². The maximum Gasteiger partial charge on any atom is 0.137 e. The number of aryl methyl sites for hydroxylation is 1. The second kappa shape index (κ2) is 6.40. The number of Topliss-reactive ketones (excluding diaryl/α,β-unsaturated/α-hetero) is 1. The topological polar surface area (TPSA) is 42.9 Å². The molecule has 0 aliphatic carbocycles. The number of carbonyl (C=O) groups excluding carboxylic acids is 1. The summed E-state index contributed by atoms with van der Waals surface area (Å²) in [7, 11) is 0. The van der Waals surface area contributed by atoms with Crippen molar-refractivity contribution in [3.05, 3.63) is 58.6 Å². The highest BCUT2D eigenvalue weighted by molar-refractivity contribution is 9.10. The third-order valence-corrected chi connectivity index (χ3v) is 3.04. The van der Waals surface area contributed by atoms with Gasteiger partial charge in [0.1, 0.15) is 5.78 Å². The summed E-state index contributed by atoms with van der Waals surface area (Å²) in [5.74, 6) is 0.228. The van der Waals surface area contributed by atoms with E-state index in [1.165, 1.54) is 0 Å². The van der Waals surface area contributed by atoms with Gasteiger partial charge in [0.2, 0.25) is 0 Å². The van der Waals surface area contributed by atoms with Crippen molar-refractivity contribution < 1.29 is 4.79 Å². The third kappa shape index (κ3) is 4.04. The lowest BCUT2D eigenvalue weighted by atomic mass is 10.0. The summed E-state index contributed by atoms with van der Waals surface area (Å²) in [6, 6.07) is 5.80.